The van der Waals surface area contributed by atoms with Crippen molar-refractivity contribution in [2.75, 3.05) is 38.5 Å². The van der Waals surface area contributed by atoms with Gasteiger partial charge in [0.05, 0.1) is 6.10 Å². The van der Waals surface area contributed by atoms with Crippen LogP contribution < -0.4 is 10.1 Å². The van der Waals surface area contributed by atoms with E-state index in [9.17, 15) is 9.90 Å². The number of ether oxygens (including phenoxy) is 1. The zero-order chi connectivity index (χ0) is 21.5. The SMILES string of the molecule is Cc1cccc(Oc2ccc(NC(=O)N(C)CC3CCN(C[C@@H](C)O)CC3)cc2)c1. The van der Waals surface area contributed by atoms with Gasteiger partial charge in [0.2, 0.25) is 0 Å². The number of urea groups is 1. The fraction of sp³-hybridized carbons (Fsp3) is 0.458. The van der Waals surface area contributed by atoms with Crippen molar-refractivity contribution in [3.05, 3.63) is 54.1 Å². The minimum atomic E-state index is -0.288. The third-order valence-corrected chi connectivity index (χ3v) is 5.44. The Kier molecular flexibility index (Phi) is 7.71. The number of aliphatic hydroxyl groups is 1. The topological polar surface area (TPSA) is 65.0 Å². The standard InChI is InChI=1S/C24H33N3O3/c1-18-5-4-6-23(15-18)30-22-9-7-21(8-10-22)25-24(29)26(3)17-20-11-13-27(14-12-20)16-19(2)28/h4-10,15,19-20,28H,11-14,16-17H2,1-3H3,(H,25,29)/t19-/m1/s1. The zero-order valence-corrected chi connectivity index (χ0v) is 18.2. The predicted octanol–water partition coefficient (Wildman–Crippen LogP) is 4.34. The van der Waals surface area contributed by atoms with Crippen LogP contribution in [0.1, 0.15) is 25.3 Å². The van der Waals surface area contributed by atoms with E-state index in [1.54, 1.807) is 4.90 Å². The highest BCUT2D eigenvalue weighted by molar-refractivity contribution is 5.89. The summed E-state index contributed by atoms with van der Waals surface area (Å²) in [5.41, 5.74) is 1.89. The van der Waals surface area contributed by atoms with E-state index in [0.29, 0.717) is 5.92 Å². The Morgan fingerprint density at radius 2 is 1.90 bits per heavy atom. The van der Waals surface area contributed by atoms with Crippen molar-refractivity contribution in [1.82, 2.24) is 9.80 Å². The van der Waals surface area contributed by atoms with Crippen LogP contribution in [-0.2, 0) is 0 Å². The monoisotopic (exact) mass is 411 g/mol. The number of carbonyl (C=O) groups is 1. The molecule has 0 radical (unpaired) electrons. The number of hydrogen-bond donors (Lipinski definition) is 2. The minimum absolute atomic E-state index is 0.103. The van der Waals surface area contributed by atoms with Crippen molar-refractivity contribution in [3.63, 3.8) is 0 Å². The molecule has 0 unspecified atom stereocenters. The maximum atomic E-state index is 12.5. The van der Waals surface area contributed by atoms with Crippen molar-refractivity contribution >= 4 is 11.7 Å². The molecule has 0 bridgehead atoms. The molecule has 162 valence electrons. The zero-order valence-electron chi connectivity index (χ0n) is 18.2. The molecule has 0 spiro atoms. The van der Waals surface area contributed by atoms with E-state index in [1.807, 2.05) is 69.4 Å². The van der Waals surface area contributed by atoms with Gasteiger partial charge in [-0.1, -0.05) is 12.1 Å². The first-order chi connectivity index (χ1) is 14.4. The van der Waals surface area contributed by atoms with Gasteiger partial charge in [-0.05, 0) is 87.7 Å². The first-order valence-electron chi connectivity index (χ1n) is 10.7. The molecule has 3 rings (SSSR count). The number of anilines is 1. The number of amides is 2. The Labute approximate surface area is 179 Å². The lowest BCUT2D eigenvalue weighted by Crippen LogP contribution is -2.42. The number of hydrogen-bond acceptors (Lipinski definition) is 4. The van der Waals surface area contributed by atoms with Crippen molar-refractivity contribution < 1.29 is 14.6 Å². The van der Waals surface area contributed by atoms with E-state index in [4.69, 9.17) is 4.74 Å². The molecule has 2 N–H and O–H groups in total. The van der Waals surface area contributed by atoms with Crippen LogP contribution in [0.15, 0.2) is 48.5 Å². The van der Waals surface area contributed by atoms with Gasteiger partial charge in [-0.3, -0.25) is 0 Å². The molecular weight excluding hydrogens is 378 g/mol. The average Bonchev–Trinajstić information content (AvgIpc) is 2.70. The number of nitrogens with one attached hydrogen (secondary N) is 1. The van der Waals surface area contributed by atoms with Crippen molar-refractivity contribution in [2.24, 2.45) is 5.92 Å². The lowest BCUT2D eigenvalue weighted by atomic mass is 9.96. The second-order valence-corrected chi connectivity index (χ2v) is 8.35. The Balaban J connectivity index is 1.45. The number of nitrogens with zero attached hydrogens (tertiary/aromatic N) is 2. The van der Waals surface area contributed by atoms with Crippen molar-refractivity contribution in [3.8, 4) is 11.5 Å². The highest BCUT2D eigenvalue weighted by Crippen LogP contribution is 2.24. The number of likely N-dealkylation sites (tertiary alicyclic amines) is 1. The second kappa shape index (κ2) is 10.5. The van der Waals surface area contributed by atoms with Gasteiger partial charge in [-0.2, -0.15) is 0 Å². The van der Waals surface area contributed by atoms with Gasteiger partial charge in [0, 0.05) is 25.8 Å². The lowest BCUT2D eigenvalue weighted by molar-refractivity contribution is 0.0951. The third kappa shape index (κ3) is 6.75. The molecule has 0 saturated carbocycles. The normalized spacial score (nSPS) is 16.1. The molecule has 1 heterocycles. The van der Waals surface area contributed by atoms with Crippen LogP contribution in [-0.4, -0.2) is 60.3 Å². The van der Waals surface area contributed by atoms with Crippen molar-refractivity contribution in [2.45, 2.75) is 32.8 Å². The summed E-state index contributed by atoms with van der Waals surface area (Å²) in [5, 5.41) is 12.5. The summed E-state index contributed by atoms with van der Waals surface area (Å²) >= 11 is 0. The highest BCUT2D eigenvalue weighted by Gasteiger charge is 2.22. The van der Waals surface area contributed by atoms with Crippen LogP contribution >= 0.6 is 0 Å². The molecule has 1 fully saturated rings. The molecule has 30 heavy (non-hydrogen) atoms. The fourth-order valence-corrected chi connectivity index (χ4v) is 3.84. The molecule has 1 atom stereocenters. The molecule has 1 saturated heterocycles. The van der Waals surface area contributed by atoms with E-state index in [0.717, 1.165) is 61.8 Å². The number of carbonyl (C=O) groups excluding carboxylic acids is 1. The van der Waals surface area contributed by atoms with Gasteiger partial charge in [0.15, 0.2) is 0 Å². The molecular formula is C24H33N3O3. The maximum Gasteiger partial charge on any atom is 0.321 e. The van der Waals surface area contributed by atoms with Gasteiger partial charge in [0.1, 0.15) is 11.5 Å². The van der Waals surface area contributed by atoms with Gasteiger partial charge in [-0.15, -0.1) is 0 Å². The van der Waals surface area contributed by atoms with E-state index >= 15 is 0 Å². The summed E-state index contributed by atoms with van der Waals surface area (Å²) in [7, 11) is 1.84. The smallest absolute Gasteiger partial charge is 0.321 e. The summed E-state index contributed by atoms with van der Waals surface area (Å²) in [6.07, 6.45) is 1.81. The molecule has 1 aliphatic rings. The van der Waals surface area contributed by atoms with Gasteiger partial charge < -0.3 is 25.0 Å². The quantitative estimate of drug-likeness (QED) is 0.711. The molecule has 0 aromatic heterocycles. The molecule has 6 nitrogen and oxygen atoms in total. The van der Waals surface area contributed by atoms with Crippen LogP contribution in [0, 0.1) is 12.8 Å². The first-order valence-corrected chi connectivity index (χ1v) is 10.7. The fourth-order valence-electron chi connectivity index (χ4n) is 3.84. The maximum absolute atomic E-state index is 12.5. The summed E-state index contributed by atoms with van der Waals surface area (Å²) in [4.78, 5) is 16.6. The van der Waals surface area contributed by atoms with E-state index in [1.165, 1.54) is 0 Å². The average molecular weight is 412 g/mol. The van der Waals surface area contributed by atoms with Crippen LogP contribution in [0.2, 0.25) is 0 Å². The number of benzene rings is 2. The van der Waals surface area contributed by atoms with Gasteiger partial charge in [-0.25, -0.2) is 4.79 Å². The van der Waals surface area contributed by atoms with E-state index in [2.05, 4.69) is 10.2 Å². The summed E-state index contributed by atoms with van der Waals surface area (Å²) in [6.45, 7) is 7.28. The van der Waals surface area contributed by atoms with Crippen LogP contribution in [0.3, 0.4) is 0 Å². The molecule has 0 aliphatic carbocycles. The van der Waals surface area contributed by atoms with Crippen LogP contribution in [0.5, 0.6) is 11.5 Å². The van der Waals surface area contributed by atoms with Gasteiger partial charge in [0.25, 0.3) is 0 Å². The summed E-state index contributed by atoms with van der Waals surface area (Å²) in [5.74, 6) is 2.03. The summed E-state index contributed by atoms with van der Waals surface area (Å²) in [6, 6.07) is 15.2. The van der Waals surface area contributed by atoms with Gasteiger partial charge >= 0.3 is 6.03 Å². The van der Waals surface area contributed by atoms with Crippen LogP contribution in [0.25, 0.3) is 0 Å². The molecule has 2 aromatic carbocycles. The molecule has 6 heteroatoms. The largest absolute Gasteiger partial charge is 0.457 e. The Morgan fingerprint density at radius 1 is 1.20 bits per heavy atom. The third-order valence-electron chi connectivity index (χ3n) is 5.44. The number of aryl methyl sites for hydroxylation is 1. The lowest BCUT2D eigenvalue weighted by Gasteiger charge is -2.34. The molecule has 1 aliphatic heterocycles. The molecule has 2 amide bonds. The predicted molar refractivity (Wildman–Crippen MR) is 120 cm³/mol. The van der Waals surface area contributed by atoms with E-state index in [-0.39, 0.29) is 12.1 Å². The van der Waals surface area contributed by atoms with E-state index < -0.39 is 0 Å². The number of rotatable bonds is 7. The number of β-amino-alcohol motifs (C(OH)–C–C–N with tert-alkyl or cyclic N) is 1. The van der Waals surface area contributed by atoms with Crippen molar-refractivity contribution in [1.29, 1.82) is 0 Å². The Morgan fingerprint density at radius 3 is 2.53 bits per heavy atom. The Hall–Kier alpha value is -2.57. The molecule has 2 aromatic rings. The number of aliphatic hydroxyl groups excluding tert-OH is 1. The highest BCUT2D eigenvalue weighted by atomic mass is 16.5. The number of piperidine rings is 1. The first kappa shape index (κ1) is 22.1. The minimum Gasteiger partial charge on any atom is -0.457 e. The second-order valence-electron chi connectivity index (χ2n) is 8.35. The Bertz CT molecular complexity index is 815. The van der Waals surface area contributed by atoms with Crippen LogP contribution in [0.4, 0.5) is 10.5 Å². The summed E-state index contributed by atoms with van der Waals surface area (Å²) < 4.78 is 5.86.